The second-order valence-electron chi connectivity index (χ2n) is 15.8. The molecule has 0 aromatic rings. The number of carbonyl (C=O) groups is 1. The monoisotopic (exact) mass is 575 g/mol. The van der Waals surface area contributed by atoms with Crippen molar-refractivity contribution >= 4 is 5.78 Å². The topological polar surface area (TPSA) is 120 Å². The van der Waals surface area contributed by atoms with E-state index in [9.17, 15) is 25.2 Å². The average molecular weight is 576 g/mol. The van der Waals surface area contributed by atoms with Gasteiger partial charge < -0.3 is 29.9 Å². The van der Waals surface area contributed by atoms with Crippen molar-refractivity contribution in [1.29, 1.82) is 0 Å². The largest absolute Gasteiger partial charge is 0.394 e. The van der Waals surface area contributed by atoms with Crippen molar-refractivity contribution in [3.63, 3.8) is 0 Å². The van der Waals surface area contributed by atoms with Gasteiger partial charge >= 0.3 is 0 Å². The van der Waals surface area contributed by atoms with Gasteiger partial charge in [-0.15, -0.1) is 0 Å². The molecule has 8 heteroatoms. The van der Waals surface area contributed by atoms with Crippen LogP contribution in [0.2, 0.25) is 0 Å². The smallest absolute Gasteiger partial charge is 0.186 e. The van der Waals surface area contributed by atoms with E-state index in [2.05, 4.69) is 25.7 Å². The summed E-state index contributed by atoms with van der Waals surface area (Å²) in [5, 5.41) is 40.4. The fraction of sp³-hybridized carbons (Fsp3) is 0.970. The summed E-state index contributed by atoms with van der Waals surface area (Å²) in [6.07, 6.45) is 3.05. The average Bonchev–Trinajstić information content (AvgIpc) is 3.34. The Labute approximate surface area is 245 Å². The molecule has 41 heavy (non-hydrogen) atoms. The molecule has 4 saturated carbocycles. The maximum Gasteiger partial charge on any atom is 0.186 e. The van der Waals surface area contributed by atoms with Crippen LogP contribution < -0.4 is 0 Å². The van der Waals surface area contributed by atoms with Gasteiger partial charge in [-0.25, -0.2) is 0 Å². The predicted octanol–water partition coefficient (Wildman–Crippen LogP) is 2.60. The molecule has 7 rings (SSSR count). The van der Waals surface area contributed by atoms with Gasteiger partial charge in [0.15, 0.2) is 6.29 Å². The third-order valence-electron chi connectivity index (χ3n) is 13.9. The standard InChI is InChI=1S/C33H53NO7/c1-16-4-7-26-17(2)19-5-6-20-21(23(19)14-34(26)13-16)11-24-22(20)12-27(36)25-10-18(8-9-33(24,25)3)40-32-31(39)30(38)29(37)28(15-35)41-32/h16-26,28-32,35,37-39H,4-15H2,1-3H3/t16-,17+,18-,19-,20+,21+,22-,23+,24-,25+,26-,28+,29+,30-,31+,32+,33+/m0/s1. The molecule has 4 N–H and O–H groups in total. The maximum absolute atomic E-state index is 13.9. The molecule has 8 nitrogen and oxygen atoms in total. The van der Waals surface area contributed by atoms with Gasteiger partial charge in [0.1, 0.15) is 30.2 Å². The van der Waals surface area contributed by atoms with Gasteiger partial charge in [-0.05, 0) is 104 Å². The highest BCUT2D eigenvalue weighted by atomic mass is 16.7. The fourth-order valence-electron chi connectivity index (χ4n) is 11.8. The van der Waals surface area contributed by atoms with Crippen molar-refractivity contribution in [1.82, 2.24) is 4.90 Å². The van der Waals surface area contributed by atoms with E-state index in [1.54, 1.807) is 0 Å². The highest BCUT2D eigenvalue weighted by Gasteiger charge is 2.63. The Kier molecular flexibility index (Phi) is 7.66. The normalized spacial score (nSPS) is 57.2. The number of rotatable bonds is 3. The lowest BCUT2D eigenvalue weighted by Gasteiger charge is -2.56. The second-order valence-corrected chi connectivity index (χ2v) is 15.8. The number of piperidine rings is 2. The van der Waals surface area contributed by atoms with Crippen LogP contribution in [0.5, 0.6) is 0 Å². The molecular weight excluding hydrogens is 522 g/mol. The van der Waals surface area contributed by atoms with E-state index in [1.165, 1.54) is 45.2 Å². The minimum Gasteiger partial charge on any atom is -0.394 e. The van der Waals surface area contributed by atoms with Crippen LogP contribution in [0, 0.1) is 58.7 Å². The fourth-order valence-corrected chi connectivity index (χ4v) is 11.8. The summed E-state index contributed by atoms with van der Waals surface area (Å²) in [6.45, 7) is 9.41. The minimum absolute atomic E-state index is 0.0233. The molecule has 4 aliphatic carbocycles. The SMILES string of the molecule is C[C@H]1CC[C@H]2[C@H](C)[C@@H]3CC[C@@H]4[C@@H](C[C@H]5[C@H]4CC(=O)[C@H]4C[C@@H](O[C@@H]6O[C@H](CO)[C@@H](O)[C@H](O)[C@H]6O)CC[C@@]45C)[C@@H]3CN2C1. The van der Waals surface area contributed by atoms with E-state index in [0.29, 0.717) is 36.4 Å². The predicted molar refractivity (Wildman–Crippen MR) is 151 cm³/mol. The molecule has 0 unspecified atom stereocenters. The first kappa shape index (κ1) is 29.1. The maximum atomic E-state index is 13.9. The molecule has 0 aromatic carbocycles. The molecule has 3 heterocycles. The van der Waals surface area contributed by atoms with E-state index in [0.717, 1.165) is 48.5 Å². The molecule has 7 fully saturated rings. The summed E-state index contributed by atoms with van der Waals surface area (Å²) in [6, 6.07) is 0.773. The zero-order valence-corrected chi connectivity index (χ0v) is 25.2. The first-order valence-corrected chi connectivity index (χ1v) is 16.8. The van der Waals surface area contributed by atoms with Crippen molar-refractivity contribution in [2.24, 2.45) is 58.7 Å². The molecule has 17 atom stereocenters. The molecule has 7 aliphatic rings. The van der Waals surface area contributed by atoms with Crippen LogP contribution in [0.4, 0.5) is 0 Å². The van der Waals surface area contributed by atoms with Gasteiger partial charge in [0.25, 0.3) is 0 Å². The van der Waals surface area contributed by atoms with Gasteiger partial charge in [-0.1, -0.05) is 20.8 Å². The molecule has 0 radical (unpaired) electrons. The Morgan fingerprint density at radius 3 is 2.46 bits per heavy atom. The number of aliphatic hydroxyl groups excluding tert-OH is 4. The third kappa shape index (κ3) is 4.60. The van der Waals surface area contributed by atoms with Crippen LogP contribution in [0.1, 0.15) is 78.6 Å². The van der Waals surface area contributed by atoms with Crippen LogP contribution in [0.15, 0.2) is 0 Å². The lowest BCUT2D eigenvalue weighted by atomic mass is 9.51. The summed E-state index contributed by atoms with van der Waals surface area (Å²) >= 11 is 0. The van der Waals surface area contributed by atoms with Gasteiger partial charge in [0.2, 0.25) is 0 Å². The number of fused-ring (bicyclic) bond motifs is 8. The zero-order chi connectivity index (χ0) is 28.8. The van der Waals surface area contributed by atoms with E-state index >= 15 is 0 Å². The number of nitrogens with zero attached hydrogens (tertiary/aromatic N) is 1. The van der Waals surface area contributed by atoms with Crippen molar-refractivity contribution < 1.29 is 34.7 Å². The third-order valence-corrected chi connectivity index (χ3v) is 13.9. The lowest BCUT2D eigenvalue weighted by molar-refractivity contribution is -0.315. The molecular formula is C33H53NO7. The molecule has 232 valence electrons. The molecule has 0 bridgehead atoms. The summed E-state index contributed by atoms with van der Waals surface area (Å²) < 4.78 is 11.8. The quantitative estimate of drug-likeness (QED) is 0.379. The van der Waals surface area contributed by atoms with Crippen LogP contribution in [-0.2, 0) is 14.3 Å². The van der Waals surface area contributed by atoms with E-state index < -0.39 is 37.3 Å². The van der Waals surface area contributed by atoms with Crippen LogP contribution >= 0.6 is 0 Å². The molecule has 3 saturated heterocycles. The summed E-state index contributed by atoms with van der Waals surface area (Å²) in [4.78, 5) is 16.7. The highest BCUT2D eigenvalue weighted by Crippen LogP contribution is 2.66. The number of hydrogen-bond donors (Lipinski definition) is 4. The number of carbonyl (C=O) groups excluding carboxylic acids is 1. The first-order valence-electron chi connectivity index (χ1n) is 16.8. The minimum atomic E-state index is -1.45. The summed E-state index contributed by atoms with van der Waals surface area (Å²) in [5.74, 6) is 6.08. The Bertz CT molecular complexity index is 991. The first-order chi connectivity index (χ1) is 19.6. The number of ketones is 1. The van der Waals surface area contributed by atoms with Crippen molar-refractivity contribution in [2.45, 2.75) is 121 Å². The summed E-state index contributed by atoms with van der Waals surface area (Å²) in [5.41, 5.74) is -0.0233. The Morgan fingerprint density at radius 1 is 0.902 bits per heavy atom. The number of ether oxygens (including phenoxy) is 2. The highest BCUT2D eigenvalue weighted by molar-refractivity contribution is 5.83. The van der Waals surface area contributed by atoms with Crippen LogP contribution in [-0.4, -0.2) is 93.7 Å². The van der Waals surface area contributed by atoms with Gasteiger partial charge in [0, 0.05) is 31.5 Å². The molecule has 0 aromatic heterocycles. The number of aliphatic hydroxyl groups is 4. The van der Waals surface area contributed by atoms with Gasteiger partial charge in [0.05, 0.1) is 12.7 Å². The van der Waals surface area contributed by atoms with Crippen LogP contribution in [0.3, 0.4) is 0 Å². The van der Waals surface area contributed by atoms with Gasteiger partial charge in [-0.2, -0.15) is 0 Å². The van der Waals surface area contributed by atoms with Crippen molar-refractivity contribution in [2.75, 3.05) is 19.7 Å². The molecule has 3 aliphatic heterocycles. The van der Waals surface area contributed by atoms with Gasteiger partial charge in [-0.3, -0.25) is 9.69 Å². The second kappa shape index (κ2) is 10.8. The number of Topliss-reactive ketones (excluding diaryl/α,β-unsaturated/α-hetero) is 1. The Hall–Kier alpha value is -0.610. The molecule has 0 amide bonds. The van der Waals surface area contributed by atoms with E-state index in [4.69, 9.17) is 9.47 Å². The van der Waals surface area contributed by atoms with Crippen molar-refractivity contribution in [3.05, 3.63) is 0 Å². The van der Waals surface area contributed by atoms with E-state index in [-0.39, 0.29) is 17.4 Å². The van der Waals surface area contributed by atoms with Crippen molar-refractivity contribution in [3.8, 4) is 0 Å². The van der Waals surface area contributed by atoms with Crippen LogP contribution in [0.25, 0.3) is 0 Å². The Balaban J connectivity index is 1.06. The van der Waals surface area contributed by atoms with E-state index in [1.807, 2.05) is 0 Å². The Morgan fingerprint density at radius 2 is 1.68 bits per heavy atom. The number of hydrogen-bond acceptors (Lipinski definition) is 8. The molecule has 0 spiro atoms. The lowest BCUT2D eigenvalue weighted by Crippen LogP contribution is -2.60. The summed E-state index contributed by atoms with van der Waals surface area (Å²) in [7, 11) is 0. The zero-order valence-electron chi connectivity index (χ0n) is 25.2.